The molecule has 1 N–H and O–H groups in total. The summed E-state index contributed by atoms with van der Waals surface area (Å²) < 4.78 is 5.31. The van der Waals surface area contributed by atoms with Gasteiger partial charge in [0, 0.05) is 31.5 Å². The summed E-state index contributed by atoms with van der Waals surface area (Å²) in [5.74, 6) is 1.28. The highest BCUT2D eigenvalue weighted by Gasteiger charge is 2.27. The summed E-state index contributed by atoms with van der Waals surface area (Å²) in [6.45, 7) is 9.31. The third-order valence-electron chi connectivity index (χ3n) is 3.17. The number of amides is 1. The van der Waals surface area contributed by atoms with E-state index in [2.05, 4.69) is 20.4 Å². The maximum Gasteiger partial charge on any atom is 0.266 e. The number of aromatic nitrogens is 2. The summed E-state index contributed by atoms with van der Waals surface area (Å²) in [7, 11) is 0. The average Bonchev–Trinajstić information content (AvgIpc) is 2.77. The molecule has 2 heterocycles. The molecule has 1 aliphatic heterocycles. The molecule has 0 saturated carbocycles. The van der Waals surface area contributed by atoms with Crippen LogP contribution in [0.3, 0.4) is 0 Å². The number of nitrogens with zero attached hydrogens (tertiary/aromatic N) is 3. The van der Waals surface area contributed by atoms with Crippen molar-refractivity contribution in [2.45, 2.75) is 52.0 Å². The molecule has 1 atom stereocenters. The monoisotopic (exact) mass is 266 g/mol. The lowest BCUT2D eigenvalue weighted by Gasteiger charge is -2.31. The second-order valence-electron chi connectivity index (χ2n) is 6.14. The molecule has 1 saturated heterocycles. The molecule has 2 rings (SSSR count). The molecule has 106 valence electrons. The van der Waals surface area contributed by atoms with E-state index in [1.807, 2.05) is 20.8 Å². The molecule has 0 spiro atoms. The fraction of sp³-hybridized carbons (Fsp3) is 0.769. The van der Waals surface area contributed by atoms with Gasteiger partial charge in [-0.1, -0.05) is 20.8 Å². The van der Waals surface area contributed by atoms with Gasteiger partial charge in [-0.3, -0.25) is 4.79 Å². The minimum Gasteiger partial charge on any atom is -0.352 e. The Balaban J connectivity index is 2.05. The van der Waals surface area contributed by atoms with Crippen molar-refractivity contribution in [3.8, 4) is 0 Å². The van der Waals surface area contributed by atoms with Crippen molar-refractivity contribution in [3.63, 3.8) is 0 Å². The van der Waals surface area contributed by atoms with Gasteiger partial charge in [0.15, 0.2) is 0 Å². The number of piperidine rings is 1. The van der Waals surface area contributed by atoms with Crippen LogP contribution in [0.1, 0.15) is 46.4 Å². The Bertz CT molecular complexity index is 450. The summed E-state index contributed by atoms with van der Waals surface area (Å²) in [5, 5.41) is 7.00. The maximum absolute atomic E-state index is 11.1. The lowest BCUT2D eigenvalue weighted by atomic mass is 9.97. The number of hydrogen-bond donors (Lipinski definition) is 1. The van der Waals surface area contributed by atoms with E-state index in [1.165, 1.54) is 0 Å². The Hall–Kier alpha value is -1.59. The second-order valence-corrected chi connectivity index (χ2v) is 6.14. The first-order valence-electron chi connectivity index (χ1n) is 6.72. The summed E-state index contributed by atoms with van der Waals surface area (Å²) in [4.78, 5) is 17.6. The van der Waals surface area contributed by atoms with Crippen molar-refractivity contribution in [2.24, 2.45) is 0 Å². The van der Waals surface area contributed by atoms with Gasteiger partial charge in [-0.15, -0.1) is 0 Å². The summed E-state index contributed by atoms with van der Waals surface area (Å²) in [6, 6.07) is 0.169. The van der Waals surface area contributed by atoms with Crippen LogP contribution in [0.25, 0.3) is 0 Å². The molecule has 6 heteroatoms. The van der Waals surface area contributed by atoms with Gasteiger partial charge in [-0.25, -0.2) is 0 Å². The predicted molar refractivity (Wildman–Crippen MR) is 72.0 cm³/mol. The molecule has 0 bridgehead atoms. The van der Waals surface area contributed by atoms with E-state index in [9.17, 15) is 4.79 Å². The van der Waals surface area contributed by atoms with Crippen LogP contribution in [0.4, 0.5) is 5.95 Å². The van der Waals surface area contributed by atoms with Crippen LogP contribution in [0.15, 0.2) is 4.52 Å². The van der Waals surface area contributed by atoms with Gasteiger partial charge in [0.25, 0.3) is 5.95 Å². The highest BCUT2D eigenvalue weighted by Crippen LogP contribution is 2.23. The van der Waals surface area contributed by atoms with Crippen LogP contribution in [0.5, 0.6) is 0 Å². The maximum atomic E-state index is 11.1. The van der Waals surface area contributed by atoms with E-state index < -0.39 is 0 Å². The lowest BCUT2D eigenvalue weighted by molar-refractivity contribution is -0.119. The van der Waals surface area contributed by atoms with Gasteiger partial charge in [-0.2, -0.15) is 4.98 Å². The highest BCUT2D eigenvalue weighted by molar-refractivity contribution is 5.73. The molecule has 0 aliphatic carbocycles. The second kappa shape index (κ2) is 5.19. The first-order valence-corrected chi connectivity index (χ1v) is 6.72. The van der Waals surface area contributed by atoms with E-state index in [1.54, 1.807) is 6.92 Å². The fourth-order valence-electron chi connectivity index (χ4n) is 2.21. The smallest absolute Gasteiger partial charge is 0.266 e. The molecule has 1 unspecified atom stereocenters. The van der Waals surface area contributed by atoms with Crippen molar-refractivity contribution < 1.29 is 9.32 Å². The molecule has 1 aliphatic rings. The van der Waals surface area contributed by atoms with Crippen molar-refractivity contribution in [3.05, 3.63) is 5.89 Å². The zero-order valence-corrected chi connectivity index (χ0v) is 12.1. The first kappa shape index (κ1) is 13.8. The van der Waals surface area contributed by atoms with Gasteiger partial charge in [-0.05, 0) is 18.0 Å². The van der Waals surface area contributed by atoms with E-state index in [4.69, 9.17) is 4.52 Å². The normalized spacial score (nSPS) is 20.4. The fourth-order valence-corrected chi connectivity index (χ4v) is 2.21. The number of anilines is 1. The number of nitrogens with one attached hydrogen (secondary N) is 1. The third kappa shape index (κ3) is 3.45. The van der Waals surface area contributed by atoms with Crippen molar-refractivity contribution in [1.82, 2.24) is 15.5 Å². The zero-order chi connectivity index (χ0) is 14.0. The summed E-state index contributed by atoms with van der Waals surface area (Å²) in [6.07, 6.45) is 2.02. The Morgan fingerprint density at radius 3 is 2.79 bits per heavy atom. The van der Waals surface area contributed by atoms with E-state index in [0.717, 1.165) is 25.9 Å². The van der Waals surface area contributed by atoms with E-state index >= 15 is 0 Å². The van der Waals surface area contributed by atoms with Crippen LogP contribution in [-0.4, -0.2) is 35.2 Å². The van der Waals surface area contributed by atoms with Gasteiger partial charge in [0.1, 0.15) is 0 Å². The van der Waals surface area contributed by atoms with Crippen LogP contribution in [0.2, 0.25) is 0 Å². The Morgan fingerprint density at radius 1 is 1.47 bits per heavy atom. The van der Waals surface area contributed by atoms with Crippen molar-refractivity contribution >= 4 is 11.9 Å². The minimum absolute atomic E-state index is 0.00958. The standard InChI is InChI=1S/C13H22N4O2/c1-9(18)14-10-6-5-7-17(8-10)12-15-11(19-16-12)13(2,3)4/h10H,5-8H2,1-4H3,(H,14,18). The lowest BCUT2D eigenvalue weighted by Crippen LogP contribution is -2.47. The zero-order valence-electron chi connectivity index (χ0n) is 12.1. The van der Waals surface area contributed by atoms with Crippen molar-refractivity contribution in [2.75, 3.05) is 18.0 Å². The molecule has 19 heavy (non-hydrogen) atoms. The summed E-state index contributed by atoms with van der Waals surface area (Å²) in [5.41, 5.74) is -0.141. The third-order valence-corrected chi connectivity index (χ3v) is 3.17. The van der Waals surface area contributed by atoms with Crippen LogP contribution < -0.4 is 10.2 Å². The molecular weight excluding hydrogens is 244 g/mol. The highest BCUT2D eigenvalue weighted by atomic mass is 16.5. The molecule has 1 aromatic heterocycles. The molecule has 1 aromatic rings. The first-order chi connectivity index (χ1) is 8.86. The minimum atomic E-state index is -0.141. The Labute approximate surface area is 113 Å². The molecular formula is C13H22N4O2. The van der Waals surface area contributed by atoms with E-state index in [-0.39, 0.29) is 17.4 Å². The molecule has 6 nitrogen and oxygen atoms in total. The van der Waals surface area contributed by atoms with Gasteiger partial charge in [0.05, 0.1) is 0 Å². The van der Waals surface area contributed by atoms with Crippen LogP contribution in [-0.2, 0) is 10.2 Å². The average molecular weight is 266 g/mol. The summed E-state index contributed by atoms with van der Waals surface area (Å²) >= 11 is 0. The molecule has 0 aromatic carbocycles. The Kier molecular flexibility index (Phi) is 3.78. The topological polar surface area (TPSA) is 71.3 Å². The molecule has 1 fully saturated rings. The quantitative estimate of drug-likeness (QED) is 0.877. The molecule has 0 radical (unpaired) electrons. The van der Waals surface area contributed by atoms with Gasteiger partial charge < -0.3 is 14.7 Å². The molecule has 1 amide bonds. The van der Waals surface area contributed by atoms with Crippen LogP contribution in [0, 0.1) is 0 Å². The van der Waals surface area contributed by atoms with E-state index in [0.29, 0.717) is 11.8 Å². The number of carbonyl (C=O) groups excluding carboxylic acids is 1. The van der Waals surface area contributed by atoms with Crippen molar-refractivity contribution in [1.29, 1.82) is 0 Å². The largest absolute Gasteiger partial charge is 0.352 e. The number of hydrogen-bond acceptors (Lipinski definition) is 5. The van der Waals surface area contributed by atoms with Gasteiger partial charge >= 0.3 is 0 Å². The number of rotatable bonds is 2. The number of carbonyl (C=O) groups is 1. The Morgan fingerprint density at radius 2 is 2.21 bits per heavy atom. The predicted octanol–water partition coefficient (Wildman–Crippen LogP) is 1.47. The van der Waals surface area contributed by atoms with Crippen LogP contribution >= 0.6 is 0 Å². The van der Waals surface area contributed by atoms with Gasteiger partial charge in [0.2, 0.25) is 11.8 Å². The SMILES string of the molecule is CC(=O)NC1CCCN(c2noc(C(C)(C)C)n2)C1.